The zero-order valence-corrected chi connectivity index (χ0v) is 16.5. The molecule has 1 aromatic heterocycles. The van der Waals surface area contributed by atoms with E-state index in [-0.39, 0.29) is 5.78 Å². The average molecular weight is 388 g/mol. The summed E-state index contributed by atoms with van der Waals surface area (Å²) in [5.41, 5.74) is 4.65. The molecule has 5 heteroatoms. The van der Waals surface area contributed by atoms with Gasteiger partial charge in [0, 0.05) is 19.4 Å². The number of rotatable bonds is 6. The van der Waals surface area contributed by atoms with Gasteiger partial charge >= 0.3 is 5.97 Å². The summed E-state index contributed by atoms with van der Waals surface area (Å²) in [6, 6.07) is 14.9. The summed E-state index contributed by atoms with van der Waals surface area (Å²) < 4.78 is 2.08. The molecule has 0 fully saturated rings. The average Bonchev–Trinajstić information content (AvgIpc) is 3.07. The quantitative estimate of drug-likeness (QED) is 0.660. The Bertz CT molecular complexity index is 1060. The maximum absolute atomic E-state index is 12.5. The Kier molecular flexibility index (Phi) is 5.30. The van der Waals surface area contributed by atoms with Crippen LogP contribution in [0, 0.1) is 0 Å². The molecule has 0 saturated carbocycles. The van der Waals surface area contributed by atoms with Crippen molar-refractivity contribution in [2.45, 2.75) is 45.6 Å². The van der Waals surface area contributed by atoms with Gasteiger partial charge in [0.2, 0.25) is 0 Å². The Hall–Kier alpha value is -3.21. The van der Waals surface area contributed by atoms with Gasteiger partial charge in [0.15, 0.2) is 5.78 Å². The van der Waals surface area contributed by atoms with Crippen LogP contribution < -0.4 is 0 Å². The fourth-order valence-electron chi connectivity index (χ4n) is 4.05. The number of hydrogen-bond donors (Lipinski definition) is 1. The molecule has 0 aliphatic heterocycles. The van der Waals surface area contributed by atoms with Gasteiger partial charge < -0.3 is 9.67 Å². The molecule has 0 saturated heterocycles. The van der Waals surface area contributed by atoms with Crippen molar-refractivity contribution in [3.8, 4) is 11.1 Å². The van der Waals surface area contributed by atoms with E-state index >= 15 is 0 Å². The molecule has 148 valence electrons. The highest BCUT2D eigenvalue weighted by molar-refractivity contribution is 5.97. The lowest BCUT2D eigenvalue weighted by Crippen LogP contribution is -2.17. The van der Waals surface area contributed by atoms with E-state index in [4.69, 9.17) is 4.98 Å². The monoisotopic (exact) mass is 388 g/mol. The lowest BCUT2D eigenvalue weighted by Gasteiger charge is -2.15. The van der Waals surface area contributed by atoms with Crippen molar-refractivity contribution in [2.24, 2.45) is 0 Å². The summed E-state index contributed by atoms with van der Waals surface area (Å²) in [6.07, 6.45) is 4.18. The fourth-order valence-corrected chi connectivity index (χ4v) is 4.05. The first-order chi connectivity index (χ1) is 14.1. The number of aryl methyl sites for hydroxylation is 2. The Balaban J connectivity index is 1.66. The van der Waals surface area contributed by atoms with Crippen molar-refractivity contribution in [3.63, 3.8) is 0 Å². The molecule has 0 radical (unpaired) electrons. The topological polar surface area (TPSA) is 72.2 Å². The molecule has 1 aliphatic carbocycles. The lowest BCUT2D eigenvalue weighted by atomic mass is 9.98. The van der Waals surface area contributed by atoms with Crippen LogP contribution in [0.1, 0.15) is 64.1 Å². The van der Waals surface area contributed by atoms with E-state index in [0.717, 1.165) is 54.0 Å². The van der Waals surface area contributed by atoms with Gasteiger partial charge in [-0.25, -0.2) is 9.78 Å². The number of nitrogens with zero attached hydrogens (tertiary/aromatic N) is 2. The minimum absolute atomic E-state index is 0.188. The van der Waals surface area contributed by atoms with Gasteiger partial charge in [-0.2, -0.15) is 0 Å². The van der Waals surface area contributed by atoms with Crippen molar-refractivity contribution in [1.29, 1.82) is 0 Å². The van der Waals surface area contributed by atoms with Gasteiger partial charge in [0.25, 0.3) is 0 Å². The van der Waals surface area contributed by atoms with Crippen LogP contribution >= 0.6 is 0 Å². The summed E-state index contributed by atoms with van der Waals surface area (Å²) in [5.74, 6) is 0.235. The molecular formula is C24H24N2O3. The van der Waals surface area contributed by atoms with E-state index in [9.17, 15) is 14.7 Å². The van der Waals surface area contributed by atoms with Crippen molar-refractivity contribution in [1.82, 2.24) is 9.55 Å². The fraction of sp³-hybridized carbons (Fsp3) is 0.292. The molecule has 0 unspecified atom stereocenters. The summed E-state index contributed by atoms with van der Waals surface area (Å²) in [5, 5.41) is 9.43. The van der Waals surface area contributed by atoms with Crippen LogP contribution in [0.25, 0.3) is 11.1 Å². The molecule has 2 aromatic carbocycles. The number of Topliss-reactive ketones (excluding diaryl/α,β-unsaturated/α-hetero) is 1. The van der Waals surface area contributed by atoms with Crippen LogP contribution in [0.4, 0.5) is 0 Å². The second kappa shape index (κ2) is 8.03. The minimum Gasteiger partial charge on any atom is -0.478 e. The van der Waals surface area contributed by atoms with Crippen molar-refractivity contribution in [2.75, 3.05) is 0 Å². The number of aromatic carboxylic acids is 1. The van der Waals surface area contributed by atoms with E-state index in [0.29, 0.717) is 24.1 Å². The highest BCUT2D eigenvalue weighted by atomic mass is 16.4. The Labute approximate surface area is 170 Å². The van der Waals surface area contributed by atoms with Crippen LogP contribution in [0.5, 0.6) is 0 Å². The predicted octanol–water partition coefficient (Wildman–Crippen LogP) is 4.77. The molecule has 1 N–H and O–H groups in total. The van der Waals surface area contributed by atoms with E-state index in [1.165, 1.54) is 0 Å². The zero-order chi connectivity index (χ0) is 20.4. The minimum atomic E-state index is -0.933. The third-order valence-electron chi connectivity index (χ3n) is 5.44. The van der Waals surface area contributed by atoms with Gasteiger partial charge in [-0.05, 0) is 42.0 Å². The normalized spacial score (nSPS) is 13.3. The number of benzene rings is 2. The predicted molar refractivity (Wildman–Crippen MR) is 111 cm³/mol. The molecule has 0 amide bonds. The Morgan fingerprint density at radius 2 is 1.86 bits per heavy atom. The smallest absolute Gasteiger partial charge is 0.336 e. The third kappa shape index (κ3) is 3.73. The summed E-state index contributed by atoms with van der Waals surface area (Å²) in [4.78, 5) is 28.8. The molecule has 3 aromatic rings. The van der Waals surface area contributed by atoms with Gasteiger partial charge in [0.05, 0.1) is 11.3 Å². The van der Waals surface area contributed by atoms with Crippen LogP contribution in [-0.4, -0.2) is 26.4 Å². The van der Waals surface area contributed by atoms with E-state index in [2.05, 4.69) is 11.5 Å². The molecule has 0 spiro atoms. The number of carbonyl (C=O) groups excluding carboxylic acids is 1. The number of ketones is 1. The first kappa shape index (κ1) is 19.1. The standard InChI is InChI=1S/C24H24N2O3/c1-2-6-22-25-20-9-5-10-21(27)23(20)26(22)15-16-11-13-17(14-12-16)18-7-3-4-8-19(18)24(28)29/h3-4,7-8,11-14H,2,5-6,9-10,15H2,1H3,(H,28,29). The zero-order valence-electron chi connectivity index (χ0n) is 16.5. The number of fused-ring (bicyclic) bond motifs is 1. The number of imidazole rings is 1. The third-order valence-corrected chi connectivity index (χ3v) is 5.44. The number of hydrogen-bond acceptors (Lipinski definition) is 3. The van der Waals surface area contributed by atoms with Crippen molar-refractivity contribution < 1.29 is 14.7 Å². The van der Waals surface area contributed by atoms with E-state index in [1.54, 1.807) is 12.1 Å². The van der Waals surface area contributed by atoms with Crippen LogP contribution in [0.2, 0.25) is 0 Å². The highest BCUT2D eigenvalue weighted by Crippen LogP contribution is 2.27. The number of aromatic nitrogens is 2. The molecule has 0 bridgehead atoms. The van der Waals surface area contributed by atoms with E-state index in [1.807, 2.05) is 36.4 Å². The maximum Gasteiger partial charge on any atom is 0.336 e. The molecule has 1 aliphatic rings. The largest absolute Gasteiger partial charge is 0.478 e. The van der Waals surface area contributed by atoms with Gasteiger partial charge in [-0.3, -0.25) is 4.79 Å². The molecule has 5 nitrogen and oxygen atoms in total. The highest BCUT2D eigenvalue weighted by Gasteiger charge is 2.25. The van der Waals surface area contributed by atoms with Gasteiger partial charge in [0.1, 0.15) is 11.5 Å². The van der Waals surface area contributed by atoms with E-state index < -0.39 is 5.97 Å². The van der Waals surface area contributed by atoms with Gasteiger partial charge in [-0.15, -0.1) is 0 Å². The van der Waals surface area contributed by atoms with Crippen molar-refractivity contribution in [3.05, 3.63) is 76.9 Å². The maximum atomic E-state index is 12.5. The number of carboxylic acids is 1. The molecule has 1 heterocycles. The molecule has 4 rings (SSSR count). The first-order valence-electron chi connectivity index (χ1n) is 10.1. The van der Waals surface area contributed by atoms with Crippen LogP contribution in [0.15, 0.2) is 48.5 Å². The SMILES string of the molecule is CCCc1nc2c(n1Cc1ccc(-c3ccccc3C(=O)O)cc1)C(=O)CCC2. The Morgan fingerprint density at radius 1 is 1.10 bits per heavy atom. The second-order valence-corrected chi connectivity index (χ2v) is 7.48. The molecule has 0 atom stereocenters. The molecular weight excluding hydrogens is 364 g/mol. The summed E-state index contributed by atoms with van der Waals surface area (Å²) in [6.45, 7) is 2.72. The summed E-state index contributed by atoms with van der Waals surface area (Å²) in [7, 11) is 0. The van der Waals surface area contributed by atoms with Crippen LogP contribution in [0.3, 0.4) is 0 Å². The van der Waals surface area contributed by atoms with Crippen LogP contribution in [-0.2, 0) is 19.4 Å². The lowest BCUT2D eigenvalue weighted by molar-refractivity contribution is 0.0697. The molecule has 29 heavy (non-hydrogen) atoms. The number of carboxylic acid groups (broad SMARTS) is 1. The van der Waals surface area contributed by atoms with Gasteiger partial charge in [-0.1, -0.05) is 49.4 Å². The van der Waals surface area contributed by atoms with Crippen molar-refractivity contribution >= 4 is 11.8 Å². The summed E-state index contributed by atoms with van der Waals surface area (Å²) >= 11 is 0. The number of carbonyl (C=O) groups is 2. The second-order valence-electron chi connectivity index (χ2n) is 7.48. The first-order valence-corrected chi connectivity index (χ1v) is 10.1. The Morgan fingerprint density at radius 3 is 2.59 bits per heavy atom.